The molecule has 1 atom stereocenters. The largest absolute Gasteiger partial charge is 0.363 e. The smallest absolute Gasteiger partial charge is 0.212 e. The molecule has 1 unspecified atom stereocenters. The number of nitrogens with one attached hydrogen (secondary N) is 1. The van der Waals surface area contributed by atoms with Crippen LogP contribution in [0.15, 0.2) is 164 Å². The van der Waals surface area contributed by atoms with E-state index in [1.54, 1.807) is 29.3 Å². The van der Waals surface area contributed by atoms with Crippen molar-refractivity contribution < 1.29 is 17.9 Å². The molecule has 1 aliphatic heterocycles. The van der Waals surface area contributed by atoms with Crippen molar-refractivity contribution in [2.45, 2.75) is 38.9 Å². The Morgan fingerprint density at radius 3 is 2.15 bits per heavy atom. The summed E-state index contributed by atoms with van der Waals surface area (Å²) in [4.78, 5) is 42.4. The Labute approximate surface area is 409 Å². The summed E-state index contributed by atoms with van der Waals surface area (Å²) in [5, 5.41) is 12.9. The van der Waals surface area contributed by atoms with E-state index in [0.717, 1.165) is 68.0 Å². The number of aryl methyl sites for hydroxylation is 1. The number of aromatic nitrogens is 10. The van der Waals surface area contributed by atoms with E-state index in [1.807, 2.05) is 127 Å². The van der Waals surface area contributed by atoms with Crippen molar-refractivity contribution in [1.29, 1.82) is 0 Å². The second kappa shape index (κ2) is 19.9. The molecule has 17 nitrogen and oxygen atoms in total. The number of anilines is 2. The highest BCUT2D eigenvalue weighted by molar-refractivity contribution is 7.98. The summed E-state index contributed by atoms with van der Waals surface area (Å²) in [5.41, 5.74) is 10.3. The summed E-state index contributed by atoms with van der Waals surface area (Å²) in [7, 11) is -7.86. The van der Waals surface area contributed by atoms with Crippen LogP contribution in [0.25, 0.3) is 60.9 Å². The van der Waals surface area contributed by atoms with Crippen molar-refractivity contribution in [2.24, 2.45) is 0 Å². The van der Waals surface area contributed by atoms with Gasteiger partial charge in [0.05, 0.1) is 35.9 Å². The zero-order chi connectivity index (χ0) is 48.4. The number of para-hydroxylation sites is 1. The molecule has 0 fully saturated rings. The highest BCUT2D eigenvalue weighted by Gasteiger charge is 2.28. The molecule has 2 aromatic carbocycles. The maximum Gasteiger partial charge on any atom is 0.212 e. The molecule has 8 aromatic heterocycles. The lowest BCUT2D eigenvalue weighted by atomic mass is 10.1. The number of pyridine rings is 4. The lowest BCUT2D eigenvalue weighted by molar-refractivity contribution is 0.489. The van der Waals surface area contributed by atoms with Gasteiger partial charge in [-0.3, -0.25) is 24.5 Å². The lowest BCUT2D eigenvalue weighted by Crippen LogP contribution is -2.18. The fraction of sp³-hybridized carbons (Fsp3) is 0.135. The van der Waals surface area contributed by atoms with E-state index in [2.05, 4.69) is 35.0 Å². The summed E-state index contributed by atoms with van der Waals surface area (Å²) in [5.74, 6) is 2.19. The summed E-state index contributed by atoms with van der Waals surface area (Å²) < 4.78 is 40.9. The van der Waals surface area contributed by atoms with E-state index in [1.165, 1.54) is 18.5 Å². The van der Waals surface area contributed by atoms with Gasteiger partial charge in [-0.2, -0.15) is 0 Å². The quantitative estimate of drug-likeness (QED) is 0.0915. The average Bonchev–Trinajstić information content (AvgIpc) is 4.13. The standard InChI is InChI=1S/C26H23N6O4PS.C25H19N7.CH4/c1-37(33,34)17-38(35,36)21-12-20(13-27-14-21)25-29-26(31-15-19-8-5-10-28-23(19)16-31)24-22(9-11-32(24)30-25)18-6-3-2-4-7-18;1-17-13-18(15-27-14-17)24-30-25(29-16-19-7-5-6-11-28-19)23-21(10-12-32(23)31-24)20-8-3-4-9-22(20)26-2;/h2-14H,15-17H2,1H3,(H,33,34);3-15H,16H2,1H3,(H,29,30,31);1H4. The van der Waals surface area contributed by atoms with Gasteiger partial charge in [0.25, 0.3) is 0 Å². The highest BCUT2D eigenvalue weighted by atomic mass is 32.2. The van der Waals surface area contributed by atoms with E-state index >= 15 is 0 Å². The van der Waals surface area contributed by atoms with Crippen molar-refractivity contribution in [2.75, 3.05) is 22.4 Å². The fourth-order valence-corrected chi connectivity index (χ4v) is 11.9. The molecule has 0 saturated carbocycles. The maximum absolute atomic E-state index is 12.8. The van der Waals surface area contributed by atoms with Crippen molar-refractivity contribution in [3.63, 3.8) is 0 Å². The molecule has 2 N–H and O–H groups in total. The third kappa shape index (κ3) is 10.1. The molecule has 0 spiro atoms. The van der Waals surface area contributed by atoms with Crippen LogP contribution in [0, 0.1) is 13.5 Å². The zero-order valence-electron chi connectivity index (χ0n) is 37.7. The van der Waals surface area contributed by atoms with Gasteiger partial charge in [-0.25, -0.2) is 32.3 Å². The van der Waals surface area contributed by atoms with E-state index in [-0.39, 0.29) is 18.1 Å². The summed E-state index contributed by atoms with van der Waals surface area (Å²) in [6, 6.07) is 34.7. The van der Waals surface area contributed by atoms with Crippen molar-refractivity contribution in [3.05, 3.63) is 193 Å². The number of fused-ring (bicyclic) bond motifs is 3. The van der Waals surface area contributed by atoms with Crippen LogP contribution in [0.5, 0.6) is 0 Å². The van der Waals surface area contributed by atoms with Crippen LogP contribution < -0.4 is 10.2 Å². The predicted octanol–water partition coefficient (Wildman–Crippen LogP) is 9.97. The van der Waals surface area contributed by atoms with Crippen molar-refractivity contribution in [3.8, 4) is 45.0 Å². The molecule has 19 heteroatoms. The van der Waals surface area contributed by atoms with Gasteiger partial charge in [0.1, 0.15) is 16.5 Å². The van der Waals surface area contributed by atoms with Crippen LogP contribution in [0.2, 0.25) is 0 Å². The van der Waals surface area contributed by atoms with Gasteiger partial charge >= 0.3 is 0 Å². The molecule has 9 heterocycles. The van der Waals surface area contributed by atoms with Crippen LogP contribution >= 0.6 is 7.37 Å². The molecule has 0 saturated heterocycles. The first kappa shape index (κ1) is 47.6. The Kier molecular flexibility index (Phi) is 13.3. The van der Waals surface area contributed by atoms with E-state index in [0.29, 0.717) is 48.3 Å². The zero-order valence-corrected chi connectivity index (χ0v) is 39.4. The van der Waals surface area contributed by atoms with Crippen LogP contribution in [-0.2, 0) is 34.0 Å². The van der Waals surface area contributed by atoms with Gasteiger partial charge in [0, 0.05) is 85.0 Å². The fourth-order valence-electron chi connectivity index (χ4n) is 8.29. The predicted molar refractivity (Wildman–Crippen MR) is 275 cm³/mol. The first-order valence-corrected chi connectivity index (χ1v) is 25.9. The molecule has 11 rings (SSSR count). The maximum atomic E-state index is 12.8. The first-order valence-electron chi connectivity index (χ1n) is 21.9. The molecule has 354 valence electrons. The number of hydrogen-bond donors (Lipinski definition) is 2. The monoisotopic (exact) mass is 979 g/mol. The second-order valence-corrected chi connectivity index (χ2v) is 21.5. The minimum absolute atomic E-state index is 0. The topological polar surface area (TPSA) is 203 Å². The van der Waals surface area contributed by atoms with Crippen LogP contribution in [0.1, 0.15) is 29.9 Å². The second-order valence-electron chi connectivity index (χ2n) is 16.7. The third-order valence-corrected chi connectivity index (χ3v) is 15.6. The van der Waals surface area contributed by atoms with E-state index in [4.69, 9.17) is 26.7 Å². The van der Waals surface area contributed by atoms with Gasteiger partial charge in [-0.1, -0.05) is 74.2 Å². The SMILES string of the molecule is C.CP(=O)(O)CS(=O)(=O)c1cncc(-c2nc(N3Cc4cccnc4C3)c3c(-c4ccccc4)ccn3n2)c1.[C-]#[N+]c1ccccc1-c1ccn2nc(-c3cncc(C)c3)nc(NCc3ccccn3)c12. The Morgan fingerprint density at radius 1 is 0.732 bits per heavy atom. The number of benzene rings is 2. The van der Waals surface area contributed by atoms with E-state index < -0.39 is 22.7 Å². The summed E-state index contributed by atoms with van der Waals surface area (Å²) in [6.45, 7) is 12.3. The molecule has 1 aliphatic rings. The Hall–Kier alpha value is -8.49. The van der Waals surface area contributed by atoms with Crippen LogP contribution in [0.4, 0.5) is 17.3 Å². The molecular weight excluding hydrogens is 934 g/mol. The lowest BCUT2D eigenvalue weighted by Gasteiger charge is -2.19. The summed E-state index contributed by atoms with van der Waals surface area (Å²) in [6.07, 6.45) is 13.5. The van der Waals surface area contributed by atoms with Crippen molar-refractivity contribution in [1.82, 2.24) is 49.1 Å². The van der Waals surface area contributed by atoms with Crippen LogP contribution in [0.3, 0.4) is 0 Å². The Bertz CT molecular complexity index is 3760. The summed E-state index contributed by atoms with van der Waals surface area (Å²) >= 11 is 0. The average molecular weight is 980 g/mol. The third-order valence-electron chi connectivity index (χ3n) is 11.4. The van der Waals surface area contributed by atoms with E-state index in [9.17, 15) is 17.9 Å². The number of nitrogens with zero attached hydrogens (tertiary/aromatic N) is 12. The van der Waals surface area contributed by atoms with Gasteiger partial charge in [0.2, 0.25) is 7.37 Å². The molecule has 71 heavy (non-hydrogen) atoms. The Balaban J connectivity index is 0.000000176. The van der Waals surface area contributed by atoms with Crippen molar-refractivity contribution >= 4 is 45.6 Å². The Morgan fingerprint density at radius 2 is 1.42 bits per heavy atom. The molecule has 0 aliphatic carbocycles. The van der Waals surface area contributed by atoms with Gasteiger partial charge in [-0.15, -0.1) is 10.2 Å². The minimum Gasteiger partial charge on any atom is -0.363 e. The number of hydrogen-bond acceptors (Lipinski definition) is 13. The normalized spacial score (nSPS) is 12.8. The highest BCUT2D eigenvalue weighted by Crippen LogP contribution is 2.40. The van der Waals surface area contributed by atoms with Gasteiger partial charge < -0.3 is 15.1 Å². The van der Waals surface area contributed by atoms with Gasteiger partial charge in [-0.05, 0) is 71.6 Å². The number of sulfone groups is 1. The minimum atomic E-state index is -4.04. The first-order chi connectivity index (χ1) is 33.9. The van der Waals surface area contributed by atoms with Gasteiger partial charge in [0.15, 0.2) is 38.8 Å². The molecule has 10 aromatic rings. The molecule has 0 bridgehead atoms. The molecule has 0 radical (unpaired) electrons. The molecular formula is C52H46N13O4PS. The number of rotatable bonds is 11. The van der Waals surface area contributed by atoms with Crippen LogP contribution in [-0.4, -0.2) is 74.6 Å². The molecule has 0 amide bonds.